The molecule has 182 valence electrons. The molecule has 9 atom stereocenters. The fraction of sp³-hybridized carbons (Fsp3) is 0.767. The number of hydrogen-bond donors (Lipinski definition) is 2. The number of aromatic nitrogens is 1. The summed E-state index contributed by atoms with van der Waals surface area (Å²) in [5.74, 6) is 3.88. The molecule has 0 aromatic carbocycles. The number of aliphatic hydroxyl groups is 2. The van der Waals surface area contributed by atoms with E-state index in [1.807, 2.05) is 19.1 Å². The minimum absolute atomic E-state index is 0.310. The summed E-state index contributed by atoms with van der Waals surface area (Å²) in [5.41, 5.74) is 2.77. The molecule has 0 saturated heterocycles. The van der Waals surface area contributed by atoms with E-state index in [0.29, 0.717) is 16.7 Å². The topological polar surface area (TPSA) is 53.4 Å². The number of pyridine rings is 1. The maximum absolute atomic E-state index is 10.7. The van der Waals surface area contributed by atoms with Crippen molar-refractivity contribution >= 4 is 0 Å². The Hall–Kier alpha value is -1.19. The van der Waals surface area contributed by atoms with Gasteiger partial charge in [0.25, 0.3) is 0 Å². The Balaban J connectivity index is 1.28. The first-order chi connectivity index (χ1) is 15.6. The molecule has 0 amide bonds. The molecule has 5 rings (SSSR count). The average Bonchev–Trinajstić information content (AvgIpc) is 3.15. The normalized spacial score (nSPS) is 44.2. The summed E-state index contributed by atoms with van der Waals surface area (Å²) in [4.78, 5) is 4.18. The lowest BCUT2D eigenvalue weighted by Crippen LogP contribution is -2.52. The Morgan fingerprint density at radius 3 is 2.64 bits per heavy atom. The number of allylic oxidation sites excluding steroid dienone is 1. The number of nitrogens with zero attached hydrogens (tertiary/aromatic N) is 1. The molecule has 3 nitrogen and oxygen atoms in total. The molecular weight excluding hydrogens is 406 g/mol. The molecule has 4 aliphatic rings. The first-order valence-corrected chi connectivity index (χ1v) is 13.6. The fourth-order valence-corrected chi connectivity index (χ4v) is 9.14. The van der Waals surface area contributed by atoms with Gasteiger partial charge in [-0.05, 0) is 123 Å². The van der Waals surface area contributed by atoms with Crippen molar-refractivity contribution in [1.82, 2.24) is 4.98 Å². The Morgan fingerprint density at radius 1 is 1.06 bits per heavy atom. The minimum atomic E-state index is -0.504. The standard InChI is InChI=1S/C30H45NO2/c1-20(7-12-27(32)21-6-5-17-31-19-21)24-10-11-25-23-9-8-22-18-28(2,33)15-16-29(22,3)26(23)13-14-30(24,25)4/h5-6,8,17,19-20,23-27,32-33H,7,9-16,18H2,1-4H3/t20-,23+,24-,25+,26+,27?,28+,29+,30-/m1/s1. The molecule has 0 aliphatic heterocycles. The zero-order valence-electron chi connectivity index (χ0n) is 21.3. The van der Waals surface area contributed by atoms with E-state index in [-0.39, 0.29) is 0 Å². The lowest BCUT2D eigenvalue weighted by atomic mass is 9.46. The maximum Gasteiger partial charge on any atom is 0.0805 e. The molecule has 1 unspecified atom stereocenters. The second-order valence-electron chi connectivity index (χ2n) is 13.0. The highest BCUT2D eigenvalue weighted by molar-refractivity contribution is 5.26. The maximum atomic E-state index is 10.7. The molecule has 0 spiro atoms. The van der Waals surface area contributed by atoms with Gasteiger partial charge in [-0.2, -0.15) is 0 Å². The summed E-state index contributed by atoms with van der Waals surface area (Å²) < 4.78 is 0. The van der Waals surface area contributed by atoms with E-state index >= 15 is 0 Å². The van der Waals surface area contributed by atoms with Crippen LogP contribution in [0.3, 0.4) is 0 Å². The van der Waals surface area contributed by atoms with Crippen molar-refractivity contribution in [2.75, 3.05) is 0 Å². The second kappa shape index (κ2) is 8.48. The SMILES string of the molecule is C[C@H](CCC(O)c1cccnc1)[C@H]1CC[C@H]2[C@@H]3CC=C4C[C@@](C)(O)CC[C@]4(C)[C@H]3CC[C@]12C. The fourth-order valence-electron chi connectivity index (χ4n) is 9.14. The third-order valence-corrected chi connectivity index (χ3v) is 11.1. The molecule has 1 heterocycles. The van der Waals surface area contributed by atoms with E-state index in [4.69, 9.17) is 0 Å². The molecule has 1 aromatic rings. The molecule has 0 bridgehead atoms. The van der Waals surface area contributed by atoms with E-state index in [1.165, 1.54) is 32.1 Å². The van der Waals surface area contributed by atoms with Crippen LogP contribution in [-0.4, -0.2) is 20.8 Å². The van der Waals surface area contributed by atoms with E-state index < -0.39 is 11.7 Å². The minimum Gasteiger partial charge on any atom is -0.390 e. The number of rotatable bonds is 5. The van der Waals surface area contributed by atoms with Gasteiger partial charge in [0.1, 0.15) is 0 Å². The molecular formula is C30H45NO2. The molecule has 0 radical (unpaired) electrons. The van der Waals surface area contributed by atoms with Gasteiger partial charge in [0.05, 0.1) is 11.7 Å². The van der Waals surface area contributed by atoms with Gasteiger partial charge in [-0.15, -0.1) is 0 Å². The van der Waals surface area contributed by atoms with Gasteiger partial charge in [-0.1, -0.05) is 38.5 Å². The van der Waals surface area contributed by atoms with Crippen LogP contribution in [0, 0.1) is 40.4 Å². The predicted molar refractivity (Wildman–Crippen MR) is 133 cm³/mol. The lowest BCUT2D eigenvalue weighted by Gasteiger charge is -2.59. The largest absolute Gasteiger partial charge is 0.390 e. The third kappa shape index (κ3) is 4.01. The lowest BCUT2D eigenvalue weighted by molar-refractivity contribution is -0.0708. The van der Waals surface area contributed by atoms with E-state index in [9.17, 15) is 10.2 Å². The van der Waals surface area contributed by atoms with E-state index in [2.05, 4.69) is 31.8 Å². The molecule has 33 heavy (non-hydrogen) atoms. The van der Waals surface area contributed by atoms with Crippen molar-refractivity contribution in [3.63, 3.8) is 0 Å². The zero-order valence-corrected chi connectivity index (χ0v) is 21.3. The van der Waals surface area contributed by atoms with Gasteiger partial charge < -0.3 is 10.2 Å². The molecule has 3 saturated carbocycles. The van der Waals surface area contributed by atoms with Crippen molar-refractivity contribution in [1.29, 1.82) is 0 Å². The van der Waals surface area contributed by atoms with Crippen LogP contribution in [0.15, 0.2) is 36.2 Å². The van der Waals surface area contributed by atoms with E-state index in [1.54, 1.807) is 18.0 Å². The van der Waals surface area contributed by atoms with Gasteiger partial charge in [0.15, 0.2) is 0 Å². The number of hydrogen-bond acceptors (Lipinski definition) is 3. The van der Waals surface area contributed by atoms with Crippen molar-refractivity contribution in [2.45, 2.75) is 104 Å². The van der Waals surface area contributed by atoms with Gasteiger partial charge in [0, 0.05) is 12.4 Å². The molecule has 1 aromatic heterocycles. The van der Waals surface area contributed by atoms with Gasteiger partial charge in [-0.3, -0.25) is 4.98 Å². The molecule has 3 heteroatoms. The highest BCUT2D eigenvalue weighted by Gasteiger charge is 2.59. The Morgan fingerprint density at radius 2 is 1.88 bits per heavy atom. The van der Waals surface area contributed by atoms with E-state index in [0.717, 1.165) is 61.3 Å². The molecule has 4 aliphatic carbocycles. The van der Waals surface area contributed by atoms with Crippen LogP contribution in [0.25, 0.3) is 0 Å². The highest BCUT2D eigenvalue weighted by atomic mass is 16.3. The predicted octanol–water partition coefficient (Wildman–Crippen LogP) is 6.86. The summed E-state index contributed by atoms with van der Waals surface area (Å²) in [6.45, 7) is 9.63. The number of fused-ring (bicyclic) bond motifs is 5. The van der Waals surface area contributed by atoms with Crippen LogP contribution in [0.1, 0.15) is 104 Å². The van der Waals surface area contributed by atoms with Crippen molar-refractivity contribution < 1.29 is 10.2 Å². The van der Waals surface area contributed by atoms with Crippen LogP contribution in [0.5, 0.6) is 0 Å². The quantitative estimate of drug-likeness (QED) is 0.481. The Labute approximate surface area is 201 Å². The summed E-state index contributed by atoms with van der Waals surface area (Å²) in [6, 6.07) is 3.91. The van der Waals surface area contributed by atoms with Gasteiger partial charge in [0.2, 0.25) is 0 Å². The first-order valence-electron chi connectivity index (χ1n) is 13.6. The van der Waals surface area contributed by atoms with Crippen molar-refractivity contribution in [3.8, 4) is 0 Å². The van der Waals surface area contributed by atoms with Crippen molar-refractivity contribution in [2.24, 2.45) is 40.4 Å². The summed E-state index contributed by atoms with van der Waals surface area (Å²) in [7, 11) is 0. The van der Waals surface area contributed by atoms with Gasteiger partial charge >= 0.3 is 0 Å². The number of aliphatic hydroxyl groups excluding tert-OH is 1. The zero-order chi connectivity index (χ0) is 23.4. The molecule has 3 fully saturated rings. The summed E-state index contributed by atoms with van der Waals surface area (Å²) in [6.07, 6.45) is 17.3. The smallest absolute Gasteiger partial charge is 0.0805 e. The van der Waals surface area contributed by atoms with Crippen LogP contribution in [0.2, 0.25) is 0 Å². The Bertz CT molecular complexity index is 879. The summed E-state index contributed by atoms with van der Waals surface area (Å²) in [5, 5.41) is 21.4. The average molecular weight is 452 g/mol. The molecule has 2 N–H and O–H groups in total. The summed E-state index contributed by atoms with van der Waals surface area (Å²) >= 11 is 0. The second-order valence-corrected chi connectivity index (χ2v) is 13.0. The van der Waals surface area contributed by atoms with Crippen LogP contribution in [-0.2, 0) is 0 Å². The Kier molecular flexibility index (Phi) is 6.05. The third-order valence-electron chi connectivity index (χ3n) is 11.1. The monoisotopic (exact) mass is 451 g/mol. The van der Waals surface area contributed by atoms with Crippen LogP contribution in [0.4, 0.5) is 0 Å². The van der Waals surface area contributed by atoms with Crippen LogP contribution < -0.4 is 0 Å². The highest BCUT2D eigenvalue weighted by Crippen LogP contribution is 2.67. The van der Waals surface area contributed by atoms with Gasteiger partial charge in [-0.25, -0.2) is 0 Å². The van der Waals surface area contributed by atoms with Crippen LogP contribution >= 0.6 is 0 Å². The van der Waals surface area contributed by atoms with Crippen molar-refractivity contribution in [3.05, 3.63) is 41.7 Å². The first kappa shape index (κ1) is 23.5.